The van der Waals surface area contributed by atoms with Gasteiger partial charge in [0.15, 0.2) is 5.16 Å². The number of benzene rings is 1. The van der Waals surface area contributed by atoms with Gasteiger partial charge in [0, 0.05) is 17.3 Å². The van der Waals surface area contributed by atoms with Gasteiger partial charge in [-0.05, 0) is 38.5 Å². The van der Waals surface area contributed by atoms with Gasteiger partial charge in [-0.2, -0.15) is 0 Å². The van der Waals surface area contributed by atoms with E-state index < -0.39 is 5.60 Å². The Labute approximate surface area is 133 Å². The normalized spacial score (nSPS) is 12.0. The number of hydrogen-bond acceptors (Lipinski definition) is 4. The van der Waals surface area contributed by atoms with E-state index in [4.69, 9.17) is 11.6 Å². The van der Waals surface area contributed by atoms with Crippen LogP contribution in [0.25, 0.3) is 10.9 Å². The summed E-state index contributed by atoms with van der Waals surface area (Å²) in [6.45, 7) is 6.10. The van der Waals surface area contributed by atoms with Gasteiger partial charge in [-0.25, -0.2) is 4.98 Å². The molecule has 0 spiro atoms. The summed E-state index contributed by atoms with van der Waals surface area (Å²) < 4.78 is 1.67. The lowest BCUT2D eigenvalue weighted by atomic mass is 10.2. The van der Waals surface area contributed by atoms with Gasteiger partial charge >= 0.3 is 0 Å². The predicted molar refractivity (Wildman–Crippen MR) is 88.3 cm³/mol. The van der Waals surface area contributed by atoms with Crippen LogP contribution in [-0.2, 0) is 6.54 Å². The molecule has 0 amide bonds. The lowest BCUT2D eigenvalue weighted by Gasteiger charge is -2.18. The Morgan fingerprint density at radius 1 is 1.43 bits per heavy atom. The van der Waals surface area contributed by atoms with Crippen molar-refractivity contribution in [2.45, 2.75) is 44.5 Å². The molecule has 0 aliphatic heterocycles. The van der Waals surface area contributed by atoms with Gasteiger partial charge in [-0.3, -0.25) is 9.36 Å². The quantitative estimate of drug-likeness (QED) is 0.676. The van der Waals surface area contributed by atoms with Crippen molar-refractivity contribution in [1.82, 2.24) is 9.55 Å². The van der Waals surface area contributed by atoms with Gasteiger partial charge in [0.25, 0.3) is 5.56 Å². The van der Waals surface area contributed by atoms with Crippen molar-refractivity contribution in [2.24, 2.45) is 0 Å². The summed E-state index contributed by atoms with van der Waals surface area (Å²) in [5, 5.41) is 11.6. The van der Waals surface area contributed by atoms with Crippen molar-refractivity contribution in [2.75, 3.05) is 5.75 Å². The van der Waals surface area contributed by atoms with Crippen molar-refractivity contribution in [3.8, 4) is 0 Å². The number of thioether (sulfide) groups is 1. The third-order valence-electron chi connectivity index (χ3n) is 2.88. The number of aliphatic hydroxyl groups is 1. The second kappa shape index (κ2) is 6.38. The minimum atomic E-state index is -0.817. The molecule has 0 aliphatic carbocycles. The van der Waals surface area contributed by atoms with Crippen LogP contribution < -0.4 is 5.56 Å². The molecule has 4 nitrogen and oxygen atoms in total. The van der Waals surface area contributed by atoms with Crippen LogP contribution in [0.3, 0.4) is 0 Å². The Hall–Kier alpha value is -1.04. The van der Waals surface area contributed by atoms with Gasteiger partial charge in [-0.15, -0.1) is 0 Å². The van der Waals surface area contributed by atoms with Crippen LogP contribution in [-0.4, -0.2) is 26.0 Å². The molecule has 0 aliphatic rings. The maximum atomic E-state index is 12.6. The van der Waals surface area contributed by atoms with E-state index in [2.05, 4.69) is 4.98 Å². The van der Waals surface area contributed by atoms with Crippen LogP contribution in [0, 0.1) is 0 Å². The molecule has 2 rings (SSSR count). The van der Waals surface area contributed by atoms with Gasteiger partial charge in [0.2, 0.25) is 0 Å². The van der Waals surface area contributed by atoms with Crippen molar-refractivity contribution in [3.63, 3.8) is 0 Å². The molecule has 0 unspecified atom stereocenters. The highest BCUT2D eigenvalue weighted by Crippen LogP contribution is 2.23. The van der Waals surface area contributed by atoms with Crippen molar-refractivity contribution in [1.29, 1.82) is 0 Å². The van der Waals surface area contributed by atoms with Crippen LogP contribution in [0.15, 0.2) is 28.2 Å². The second-order valence-electron chi connectivity index (χ2n) is 5.61. The van der Waals surface area contributed by atoms with Crippen molar-refractivity contribution < 1.29 is 5.11 Å². The van der Waals surface area contributed by atoms with Gasteiger partial charge in [-0.1, -0.05) is 30.3 Å². The van der Waals surface area contributed by atoms with Gasteiger partial charge in [0.1, 0.15) is 0 Å². The average molecular weight is 327 g/mol. The highest BCUT2D eigenvalue weighted by Gasteiger charge is 2.17. The molecule has 1 aromatic heterocycles. The molecule has 0 saturated carbocycles. The Kier molecular flexibility index (Phi) is 4.96. The maximum absolute atomic E-state index is 12.6. The topological polar surface area (TPSA) is 55.1 Å². The lowest BCUT2D eigenvalue weighted by Crippen LogP contribution is -2.26. The van der Waals surface area contributed by atoms with E-state index in [9.17, 15) is 9.90 Å². The fourth-order valence-corrected chi connectivity index (χ4v) is 3.09. The van der Waals surface area contributed by atoms with Crippen LogP contribution >= 0.6 is 23.4 Å². The van der Waals surface area contributed by atoms with E-state index in [-0.39, 0.29) is 5.56 Å². The lowest BCUT2D eigenvalue weighted by molar-refractivity contribution is 0.107. The zero-order chi connectivity index (χ0) is 15.6. The summed E-state index contributed by atoms with van der Waals surface area (Å²) in [7, 11) is 0. The minimum Gasteiger partial charge on any atom is -0.390 e. The summed E-state index contributed by atoms with van der Waals surface area (Å²) in [6, 6.07) is 5.11. The molecule has 114 valence electrons. The molecule has 2 aromatic rings. The second-order valence-corrected chi connectivity index (χ2v) is 6.99. The van der Waals surface area contributed by atoms with Crippen molar-refractivity contribution >= 4 is 34.3 Å². The summed E-state index contributed by atoms with van der Waals surface area (Å²) in [5.41, 5.74) is -0.280. The van der Waals surface area contributed by atoms with Gasteiger partial charge in [0.05, 0.1) is 16.5 Å². The Morgan fingerprint density at radius 2 is 2.14 bits per heavy atom. The van der Waals surface area contributed by atoms with E-state index >= 15 is 0 Å². The SMILES string of the molecule is CCCn1c(SCC(C)(C)O)nc2cc(Cl)ccc2c1=O. The largest absolute Gasteiger partial charge is 0.390 e. The molecule has 0 fully saturated rings. The molecule has 0 atom stereocenters. The number of rotatable bonds is 5. The first kappa shape index (κ1) is 16.3. The Bertz CT molecular complexity index is 707. The number of nitrogens with zero attached hydrogens (tertiary/aromatic N) is 2. The molecular weight excluding hydrogens is 308 g/mol. The highest BCUT2D eigenvalue weighted by atomic mass is 35.5. The number of fused-ring (bicyclic) bond motifs is 1. The standard InChI is InChI=1S/C15H19ClN2O2S/c1-4-7-18-13(19)11-6-5-10(16)8-12(11)17-14(18)21-9-15(2,3)20/h5-6,8,20H,4,7,9H2,1-3H3. The third-order valence-corrected chi connectivity index (χ3v) is 4.54. The number of aromatic nitrogens is 2. The van der Waals surface area contributed by atoms with Gasteiger partial charge < -0.3 is 5.11 Å². The third kappa shape index (κ3) is 3.99. The van der Waals surface area contributed by atoms with Crippen molar-refractivity contribution in [3.05, 3.63) is 33.6 Å². The fraction of sp³-hybridized carbons (Fsp3) is 0.467. The van der Waals surface area contributed by atoms with E-state index in [0.29, 0.717) is 33.4 Å². The molecule has 0 radical (unpaired) electrons. The molecular formula is C15H19ClN2O2S. The van der Waals surface area contributed by atoms with E-state index in [1.54, 1.807) is 36.6 Å². The molecule has 0 saturated heterocycles. The van der Waals surface area contributed by atoms with E-state index in [1.165, 1.54) is 11.8 Å². The zero-order valence-corrected chi connectivity index (χ0v) is 14.0. The summed E-state index contributed by atoms with van der Waals surface area (Å²) in [6.07, 6.45) is 0.844. The molecule has 1 heterocycles. The smallest absolute Gasteiger partial charge is 0.262 e. The molecule has 1 N–H and O–H groups in total. The number of halogens is 1. The molecule has 0 bridgehead atoms. The van der Waals surface area contributed by atoms with Crippen LogP contribution in [0.2, 0.25) is 5.02 Å². The predicted octanol–water partition coefficient (Wildman–Crippen LogP) is 3.32. The first-order valence-corrected chi connectivity index (χ1v) is 8.23. The first-order chi connectivity index (χ1) is 9.81. The van der Waals surface area contributed by atoms with Crippen LogP contribution in [0.1, 0.15) is 27.2 Å². The average Bonchev–Trinajstić information content (AvgIpc) is 2.39. The molecule has 1 aromatic carbocycles. The molecule has 21 heavy (non-hydrogen) atoms. The highest BCUT2D eigenvalue weighted by molar-refractivity contribution is 7.99. The van der Waals surface area contributed by atoms with Crippen LogP contribution in [0.5, 0.6) is 0 Å². The number of hydrogen-bond donors (Lipinski definition) is 1. The zero-order valence-electron chi connectivity index (χ0n) is 12.4. The summed E-state index contributed by atoms with van der Waals surface area (Å²) in [4.78, 5) is 17.1. The fourth-order valence-electron chi connectivity index (χ4n) is 1.95. The summed E-state index contributed by atoms with van der Waals surface area (Å²) >= 11 is 7.37. The van der Waals surface area contributed by atoms with E-state index in [0.717, 1.165) is 6.42 Å². The van der Waals surface area contributed by atoms with E-state index in [1.807, 2.05) is 6.92 Å². The molecule has 6 heteroatoms. The Morgan fingerprint density at radius 3 is 2.76 bits per heavy atom. The first-order valence-electron chi connectivity index (χ1n) is 6.87. The minimum absolute atomic E-state index is 0.0586. The monoisotopic (exact) mass is 326 g/mol. The summed E-state index contributed by atoms with van der Waals surface area (Å²) in [5.74, 6) is 0.467. The maximum Gasteiger partial charge on any atom is 0.262 e. The Balaban J connectivity index is 2.55. The van der Waals surface area contributed by atoms with Crippen LogP contribution in [0.4, 0.5) is 0 Å².